The monoisotopic (exact) mass is 287 g/mol. The largest absolute Gasteiger partial charge is 0.481 e. The predicted octanol–water partition coefficient (Wildman–Crippen LogP) is 0.120. The number of carboxylic acids is 1. The third-order valence-corrected chi connectivity index (χ3v) is 5.29. The van der Waals surface area contributed by atoms with Crippen molar-refractivity contribution in [3.8, 4) is 0 Å². The maximum atomic E-state index is 11.6. The molecule has 0 aliphatic carbocycles. The summed E-state index contributed by atoms with van der Waals surface area (Å²) < 4.78 is 24.8. The van der Waals surface area contributed by atoms with E-state index in [-0.39, 0.29) is 24.3 Å². The van der Waals surface area contributed by atoms with E-state index >= 15 is 0 Å². The minimum absolute atomic E-state index is 0.0682. The Balaban J connectivity index is 2.28. The molecular formula is C11H17N3O4S. The van der Waals surface area contributed by atoms with Gasteiger partial charge in [0.15, 0.2) is 9.84 Å². The van der Waals surface area contributed by atoms with Gasteiger partial charge in [0.25, 0.3) is 0 Å². The second kappa shape index (κ2) is 4.92. The van der Waals surface area contributed by atoms with Crippen LogP contribution in [-0.4, -0.2) is 45.8 Å². The van der Waals surface area contributed by atoms with E-state index in [2.05, 4.69) is 10.1 Å². The molecule has 106 valence electrons. The summed E-state index contributed by atoms with van der Waals surface area (Å²) in [6.07, 6.45) is 2.49. The summed E-state index contributed by atoms with van der Waals surface area (Å²) >= 11 is 0. The summed E-state index contributed by atoms with van der Waals surface area (Å²) in [5.74, 6) is -0.906. The lowest BCUT2D eigenvalue weighted by Gasteiger charge is -2.21. The normalized spacial score (nSPS) is 25.5. The van der Waals surface area contributed by atoms with Crippen molar-refractivity contribution in [3.05, 3.63) is 12.2 Å². The number of rotatable bonds is 5. The smallest absolute Gasteiger partial charge is 0.311 e. The first kappa shape index (κ1) is 14.0. The molecule has 1 aliphatic heterocycles. The molecule has 0 aromatic carbocycles. The van der Waals surface area contributed by atoms with Crippen molar-refractivity contribution in [2.24, 2.45) is 5.41 Å². The maximum Gasteiger partial charge on any atom is 0.311 e. The van der Waals surface area contributed by atoms with E-state index in [9.17, 15) is 18.3 Å². The van der Waals surface area contributed by atoms with Gasteiger partial charge in [-0.3, -0.25) is 9.48 Å². The van der Waals surface area contributed by atoms with Crippen LogP contribution in [0.4, 0.5) is 0 Å². The SMILES string of the molecule is CCCn1ncnc1CC1(C(=O)O)CCS(=O)(=O)C1. The summed E-state index contributed by atoms with van der Waals surface area (Å²) in [7, 11) is -3.27. The van der Waals surface area contributed by atoms with Gasteiger partial charge in [-0.1, -0.05) is 6.92 Å². The van der Waals surface area contributed by atoms with E-state index in [1.165, 1.54) is 6.33 Å². The molecule has 19 heavy (non-hydrogen) atoms. The van der Waals surface area contributed by atoms with Gasteiger partial charge in [-0.2, -0.15) is 5.10 Å². The van der Waals surface area contributed by atoms with Crippen molar-refractivity contribution in [3.63, 3.8) is 0 Å². The van der Waals surface area contributed by atoms with Gasteiger partial charge in [0.2, 0.25) is 0 Å². The van der Waals surface area contributed by atoms with Crippen molar-refractivity contribution < 1.29 is 18.3 Å². The van der Waals surface area contributed by atoms with E-state index in [0.29, 0.717) is 12.4 Å². The second-order valence-corrected chi connectivity index (χ2v) is 7.19. The third-order valence-electron chi connectivity index (χ3n) is 3.47. The summed E-state index contributed by atoms with van der Waals surface area (Å²) in [5.41, 5.74) is -1.25. The third kappa shape index (κ3) is 2.78. The molecule has 0 spiro atoms. The Hall–Kier alpha value is -1.44. The molecule has 1 unspecified atom stereocenters. The average Bonchev–Trinajstić information content (AvgIpc) is 2.86. The van der Waals surface area contributed by atoms with Gasteiger partial charge in [0.05, 0.1) is 16.9 Å². The average molecular weight is 287 g/mol. The van der Waals surface area contributed by atoms with Crippen molar-refractivity contribution in [2.45, 2.75) is 32.7 Å². The van der Waals surface area contributed by atoms with Crippen LogP contribution in [0.2, 0.25) is 0 Å². The van der Waals surface area contributed by atoms with Crippen LogP contribution in [0.5, 0.6) is 0 Å². The van der Waals surface area contributed by atoms with E-state index in [1.807, 2.05) is 6.92 Å². The van der Waals surface area contributed by atoms with E-state index in [1.54, 1.807) is 4.68 Å². The maximum absolute atomic E-state index is 11.6. The highest BCUT2D eigenvalue weighted by atomic mass is 32.2. The first-order chi connectivity index (χ1) is 8.88. The van der Waals surface area contributed by atoms with Crippen LogP contribution in [-0.2, 0) is 27.6 Å². The van der Waals surface area contributed by atoms with Crippen molar-refractivity contribution in [2.75, 3.05) is 11.5 Å². The summed E-state index contributed by atoms with van der Waals surface area (Å²) in [5, 5.41) is 13.4. The number of carboxylic acid groups (broad SMARTS) is 1. The van der Waals surface area contributed by atoms with Crippen LogP contribution < -0.4 is 0 Å². The van der Waals surface area contributed by atoms with Crippen molar-refractivity contribution in [1.82, 2.24) is 14.8 Å². The molecule has 0 saturated carbocycles. The molecule has 0 radical (unpaired) electrons. The Morgan fingerprint density at radius 3 is 2.84 bits per heavy atom. The molecule has 1 fully saturated rings. The van der Waals surface area contributed by atoms with Crippen molar-refractivity contribution in [1.29, 1.82) is 0 Å². The lowest BCUT2D eigenvalue weighted by molar-refractivity contribution is -0.147. The van der Waals surface area contributed by atoms with Crippen LogP contribution in [0.15, 0.2) is 6.33 Å². The standard InChI is InChI=1S/C11H17N3O4S/c1-2-4-14-9(12-8-13-14)6-11(10(15)16)3-5-19(17,18)7-11/h8H,2-7H2,1H3,(H,15,16). The Morgan fingerprint density at radius 2 is 2.32 bits per heavy atom. The second-order valence-electron chi connectivity index (χ2n) is 5.00. The number of nitrogens with zero attached hydrogens (tertiary/aromatic N) is 3. The minimum Gasteiger partial charge on any atom is -0.481 e. The molecule has 0 amide bonds. The zero-order valence-corrected chi connectivity index (χ0v) is 11.6. The highest BCUT2D eigenvalue weighted by Crippen LogP contribution is 2.35. The number of sulfone groups is 1. The molecule has 1 atom stereocenters. The number of carbonyl (C=O) groups is 1. The fraction of sp³-hybridized carbons (Fsp3) is 0.727. The van der Waals surface area contributed by atoms with Gasteiger partial charge in [0, 0.05) is 13.0 Å². The highest BCUT2D eigenvalue weighted by Gasteiger charge is 2.49. The molecule has 1 saturated heterocycles. The van der Waals surface area contributed by atoms with E-state index < -0.39 is 21.2 Å². The number of aromatic nitrogens is 3. The summed E-state index contributed by atoms with van der Waals surface area (Å²) in [4.78, 5) is 15.6. The molecule has 1 aromatic rings. The first-order valence-corrected chi connectivity index (χ1v) is 8.01. The van der Waals surface area contributed by atoms with Gasteiger partial charge in [0.1, 0.15) is 12.2 Å². The molecular weight excluding hydrogens is 270 g/mol. The number of hydrogen-bond acceptors (Lipinski definition) is 5. The van der Waals surface area contributed by atoms with Crippen LogP contribution in [0.25, 0.3) is 0 Å². The van der Waals surface area contributed by atoms with Gasteiger partial charge in [-0.15, -0.1) is 0 Å². The zero-order chi connectivity index (χ0) is 14.1. The van der Waals surface area contributed by atoms with Crippen molar-refractivity contribution >= 4 is 15.8 Å². The quantitative estimate of drug-likeness (QED) is 0.825. The van der Waals surface area contributed by atoms with E-state index in [4.69, 9.17) is 0 Å². The lowest BCUT2D eigenvalue weighted by Crippen LogP contribution is -2.35. The number of aryl methyl sites for hydroxylation is 1. The topological polar surface area (TPSA) is 102 Å². The Bertz CT molecular complexity index is 581. The van der Waals surface area contributed by atoms with Crippen LogP contribution in [0.1, 0.15) is 25.6 Å². The van der Waals surface area contributed by atoms with E-state index in [0.717, 1.165) is 6.42 Å². The van der Waals surface area contributed by atoms with Gasteiger partial charge in [-0.25, -0.2) is 13.4 Å². The molecule has 1 N–H and O–H groups in total. The summed E-state index contributed by atoms with van der Waals surface area (Å²) in [6.45, 7) is 2.64. The Morgan fingerprint density at radius 1 is 1.58 bits per heavy atom. The fourth-order valence-corrected chi connectivity index (χ4v) is 4.48. The highest BCUT2D eigenvalue weighted by molar-refractivity contribution is 7.91. The molecule has 0 bridgehead atoms. The molecule has 8 heteroatoms. The fourth-order valence-electron chi connectivity index (χ4n) is 2.43. The van der Waals surface area contributed by atoms with Crippen LogP contribution >= 0.6 is 0 Å². The Kier molecular flexibility index (Phi) is 3.62. The molecule has 2 rings (SSSR count). The summed E-state index contributed by atoms with van der Waals surface area (Å²) in [6, 6.07) is 0. The molecule has 7 nitrogen and oxygen atoms in total. The number of hydrogen-bond donors (Lipinski definition) is 1. The number of aliphatic carboxylic acids is 1. The molecule has 1 aliphatic rings. The van der Waals surface area contributed by atoms with Crippen LogP contribution in [0.3, 0.4) is 0 Å². The van der Waals surface area contributed by atoms with Gasteiger partial charge >= 0.3 is 5.97 Å². The van der Waals surface area contributed by atoms with Crippen LogP contribution in [0, 0.1) is 5.41 Å². The van der Waals surface area contributed by atoms with Gasteiger partial charge in [-0.05, 0) is 12.8 Å². The predicted molar refractivity (Wildman–Crippen MR) is 67.4 cm³/mol. The zero-order valence-electron chi connectivity index (χ0n) is 10.7. The van der Waals surface area contributed by atoms with Gasteiger partial charge < -0.3 is 5.11 Å². The Labute approximate surface area is 111 Å². The molecule has 2 heterocycles. The first-order valence-electron chi connectivity index (χ1n) is 6.19. The lowest BCUT2D eigenvalue weighted by atomic mass is 9.84. The minimum atomic E-state index is -3.27. The molecule has 1 aromatic heterocycles.